The number of aliphatic hydroxyl groups is 1. The molecule has 0 aliphatic rings. The minimum Gasteiger partial charge on any atom is -0.481 e. The Morgan fingerprint density at radius 2 is 2.00 bits per heavy atom. The lowest BCUT2D eigenvalue weighted by atomic mass is 10.3. The van der Waals surface area contributed by atoms with Crippen LogP contribution in [0.25, 0.3) is 0 Å². The zero-order chi connectivity index (χ0) is 13.0. The summed E-state index contributed by atoms with van der Waals surface area (Å²) in [6.07, 6.45) is 0.248. The van der Waals surface area contributed by atoms with E-state index in [0.29, 0.717) is 0 Å². The molecule has 0 amide bonds. The van der Waals surface area contributed by atoms with E-state index in [-0.39, 0.29) is 37.2 Å². The second-order valence-corrected chi connectivity index (χ2v) is 3.43. The van der Waals surface area contributed by atoms with Crippen LogP contribution in [0.5, 0.6) is 5.75 Å². The molecule has 2 rings (SSSR count). The zero-order valence-electron chi connectivity index (χ0n) is 9.27. The van der Waals surface area contributed by atoms with Gasteiger partial charge in [0.2, 0.25) is 5.89 Å². The van der Waals surface area contributed by atoms with Crippen molar-refractivity contribution in [3.05, 3.63) is 41.6 Å². The van der Waals surface area contributed by atoms with Crippen molar-refractivity contribution in [1.29, 1.82) is 0 Å². The normalized spacial score (nSPS) is 10.6. The summed E-state index contributed by atoms with van der Waals surface area (Å²) in [4.78, 5) is 0. The first-order valence-electron chi connectivity index (χ1n) is 5.19. The molecule has 0 saturated carbocycles. The summed E-state index contributed by atoms with van der Waals surface area (Å²) in [6, 6.07) is 2.99. The molecule has 0 saturated heterocycles. The highest BCUT2D eigenvalue weighted by atomic mass is 19.1. The van der Waals surface area contributed by atoms with Crippen LogP contribution in [-0.2, 0) is 13.0 Å². The van der Waals surface area contributed by atoms with Gasteiger partial charge in [0.15, 0.2) is 18.2 Å². The predicted molar refractivity (Wildman–Crippen MR) is 55.8 cm³/mol. The van der Waals surface area contributed by atoms with E-state index in [2.05, 4.69) is 10.2 Å². The van der Waals surface area contributed by atoms with Crippen LogP contribution in [0.15, 0.2) is 22.6 Å². The topological polar surface area (TPSA) is 68.4 Å². The van der Waals surface area contributed by atoms with Gasteiger partial charge >= 0.3 is 0 Å². The van der Waals surface area contributed by atoms with E-state index in [9.17, 15) is 8.78 Å². The van der Waals surface area contributed by atoms with Gasteiger partial charge in [-0.25, -0.2) is 8.78 Å². The molecule has 96 valence electrons. The third kappa shape index (κ3) is 3.01. The molecule has 0 fully saturated rings. The van der Waals surface area contributed by atoms with Gasteiger partial charge < -0.3 is 14.3 Å². The molecule has 0 atom stereocenters. The Morgan fingerprint density at radius 3 is 2.72 bits per heavy atom. The molecule has 0 radical (unpaired) electrons. The Labute approximate surface area is 101 Å². The van der Waals surface area contributed by atoms with Crippen molar-refractivity contribution >= 4 is 0 Å². The van der Waals surface area contributed by atoms with Crippen LogP contribution in [0, 0.1) is 11.6 Å². The Balaban J connectivity index is 1.97. The van der Waals surface area contributed by atoms with Gasteiger partial charge in [-0.1, -0.05) is 0 Å². The molecule has 2 aromatic rings. The molecular weight excluding hydrogens is 246 g/mol. The van der Waals surface area contributed by atoms with E-state index in [0.717, 1.165) is 12.1 Å². The Bertz CT molecular complexity index is 531. The molecule has 1 heterocycles. The minimum atomic E-state index is -0.801. The fourth-order valence-electron chi connectivity index (χ4n) is 1.28. The van der Waals surface area contributed by atoms with Crippen molar-refractivity contribution in [2.45, 2.75) is 13.0 Å². The van der Waals surface area contributed by atoms with Crippen molar-refractivity contribution in [3.8, 4) is 5.75 Å². The first-order valence-corrected chi connectivity index (χ1v) is 5.19. The van der Waals surface area contributed by atoms with Gasteiger partial charge in [-0.2, -0.15) is 0 Å². The van der Waals surface area contributed by atoms with Gasteiger partial charge in [-0.15, -0.1) is 10.2 Å². The summed E-state index contributed by atoms with van der Waals surface area (Å²) in [6.45, 7) is -0.226. The van der Waals surface area contributed by atoms with E-state index >= 15 is 0 Å². The van der Waals surface area contributed by atoms with Crippen molar-refractivity contribution in [3.63, 3.8) is 0 Å². The number of halogens is 2. The Morgan fingerprint density at radius 1 is 1.22 bits per heavy atom. The largest absolute Gasteiger partial charge is 0.481 e. The number of ether oxygens (including phenoxy) is 1. The molecule has 0 spiro atoms. The van der Waals surface area contributed by atoms with Crippen molar-refractivity contribution in [1.82, 2.24) is 10.2 Å². The fraction of sp³-hybridized carbons (Fsp3) is 0.273. The molecule has 5 nitrogen and oxygen atoms in total. The summed E-state index contributed by atoms with van der Waals surface area (Å²) >= 11 is 0. The number of rotatable bonds is 5. The van der Waals surface area contributed by atoms with Crippen LogP contribution in [0.2, 0.25) is 0 Å². The van der Waals surface area contributed by atoms with Crippen LogP contribution in [0.4, 0.5) is 8.78 Å². The molecule has 1 N–H and O–H groups in total. The SMILES string of the molecule is OCCc1nnc(COc2ccc(F)cc2F)o1. The van der Waals surface area contributed by atoms with Gasteiger partial charge in [0.1, 0.15) is 5.82 Å². The van der Waals surface area contributed by atoms with Crippen molar-refractivity contribution < 1.29 is 23.0 Å². The molecule has 0 aliphatic carbocycles. The maximum Gasteiger partial charge on any atom is 0.253 e. The number of aliphatic hydroxyl groups excluding tert-OH is 1. The lowest BCUT2D eigenvalue weighted by Crippen LogP contribution is -1.98. The van der Waals surface area contributed by atoms with E-state index in [1.165, 1.54) is 6.07 Å². The summed E-state index contributed by atoms with van der Waals surface area (Å²) in [5.41, 5.74) is 0. The molecule has 0 aliphatic heterocycles. The van der Waals surface area contributed by atoms with E-state index in [1.54, 1.807) is 0 Å². The molecule has 7 heteroatoms. The van der Waals surface area contributed by atoms with Gasteiger partial charge in [0.05, 0.1) is 6.61 Å². The molecule has 0 bridgehead atoms. The number of hydrogen-bond acceptors (Lipinski definition) is 5. The van der Waals surface area contributed by atoms with Crippen molar-refractivity contribution in [2.75, 3.05) is 6.61 Å². The molecule has 1 aromatic carbocycles. The Hall–Kier alpha value is -2.02. The summed E-state index contributed by atoms with van der Waals surface area (Å²) in [5.74, 6) is -1.15. The standard InChI is InChI=1S/C11H10F2N2O3/c12-7-1-2-9(8(13)5-7)17-6-11-15-14-10(18-11)3-4-16/h1-2,5,16H,3-4,6H2. The van der Waals surface area contributed by atoms with Gasteiger partial charge in [0.25, 0.3) is 5.89 Å². The average molecular weight is 256 g/mol. The van der Waals surface area contributed by atoms with Crippen LogP contribution in [-0.4, -0.2) is 21.9 Å². The fourth-order valence-corrected chi connectivity index (χ4v) is 1.28. The maximum absolute atomic E-state index is 13.2. The maximum atomic E-state index is 13.2. The van der Waals surface area contributed by atoms with Crippen molar-refractivity contribution in [2.24, 2.45) is 0 Å². The van der Waals surface area contributed by atoms with Gasteiger partial charge in [0, 0.05) is 12.5 Å². The second kappa shape index (κ2) is 5.54. The highest BCUT2D eigenvalue weighted by Gasteiger charge is 2.09. The number of nitrogens with zero attached hydrogens (tertiary/aromatic N) is 2. The van der Waals surface area contributed by atoms with Crippen LogP contribution >= 0.6 is 0 Å². The minimum absolute atomic E-state index is 0.0988. The third-order valence-corrected chi connectivity index (χ3v) is 2.08. The lowest BCUT2D eigenvalue weighted by Gasteiger charge is -2.03. The highest BCUT2D eigenvalue weighted by Crippen LogP contribution is 2.18. The van der Waals surface area contributed by atoms with Crippen LogP contribution in [0.3, 0.4) is 0 Å². The summed E-state index contributed by atoms with van der Waals surface area (Å²) in [7, 11) is 0. The zero-order valence-corrected chi connectivity index (χ0v) is 9.27. The molecule has 0 unspecified atom stereocenters. The summed E-state index contributed by atoms with van der Waals surface area (Å²) < 4.78 is 36.0. The third-order valence-electron chi connectivity index (χ3n) is 2.08. The van der Waals surface area contributed by atoms with E-state index in [4.69, 9.17) is 14.3 Å². The van der Waals surface area contributed by atoms with E-state index < -0.39 is 11.6 Å². The molecule has 1 aromatic heterocycles. The van der Waals surface area contributed by atoms with Gasteiger partial charge in [-0.05, 0) is 12.1 Å². The highest BCUT2D eigenvalue weighted by molar-refractivity contribution is 5.24. The summed E-state index contributed by atoms with van der Waals surface area (Å²) in [5, 5.41) is 15.9. The van der Waals surface area contributed by atoms with Crippen LogP contribution in [0.1, 0.15) is 11.8 Å². The van der Waals surface area contributed by atoms with E-state index in [1.807, 2.05) is 0 Å². The predicted octanol–water partition coefficient (Wildman–Crippen LogP) is 1.46. The second-order valence-electron chi connectivity index (χ2n) is 3.43. The number of benzene rings is 1. The first kappa shape index (κ1) is 12.4. The quantitative estimate of drug-likeness (QED) is 0.877. The number of aromatic nitrogens is 2. The van der Waals surface area contributed by atoms with Gasteiger partial charge in [-0.3, -0.25) is 0 Å². The lowest BCUT2D eigenvalue weighted by molar-refractivity contribution is 0.241. The molecule has 18 heavy (non-hydrogen) atoms. The number of hydrogen-bond donors (Lipinski definition) is 1. The Kier molecular flexibility index (Phi) is 3.83. The smallest absolute Gasteiger partial charge is 0.253 e. The molecular formula is C11H10F2N2O3. The van der Waals surface area contributed by atoms with Crippen LogP contribution < -0.4 is 4.74 Å². The monoisotopic (exact) mass is 256 g/mol. The first-order chi connectivity index (χ1) is 8.69. The average Bonchev–Trinajstić information content (AvgIpc) is 2.76.